The first-order chi connectivity index (χ1) is 11.5. The number of alkyl halides is 2. The molecular weight excluding hydrogens is 354 g/mol. The number of carbonyl (C=O) groups excluding carboxylic acids is 1. The van der Waals surface area contributed by atoms with Crippen LogP contribution in [-0.4, -0.2) is 32.2 Å². The summed E-state index contributed by atoms with van der Waals surface area (Å²) in [6.45, 7) is 1.91. The fourth-order valence-corrected chi connectivity index (χ4v) is 3.60. The van der Waals surface area contributed by atoms with Gasteiger partial charge in [0.15, 0.2) is 5.16 Å². The van der Waals surface area contributed by atoms with Gasteiger partial charge in [0.1, 0.15) is 5.82 Å². The molecule has 0 radical (unpaired) electrons. The number of nitrogens with zero attached hydrogens (tertiary/aromatic N) is 3. The van der Waals surface area contributed by atoms with Gasteiger partial charge in [0.25, 0.3) is 5.76 Å². The lowest BCUT2D eigenvalue weighted by molar-refractivity contribution is -0.113. The largest absolute Gasteiger partial charge is 0.325 e. The van der Waals surface area contributed by atoms with Gasteiger partial charge in [0.05, 0.1) is 5.75 Å². The minimum atomic E-state index is -2.45. The average Bonchev–Trinajstić information content (AvgIpc) is 3.30. The van der Waals surface area contributed by atoms with E-state index in [-0.39, 0.29) is 11.7 Å². The number of hydrogen-bond acceptors (Lipinski definition) is 5. The predicted molar refractivity (Wildman–Crippen MR) is 90.7 cm³/mol. The highest BCUT2D eigenvalue weighted by Crippen LogP contribution is 2.38. The van der Waals surface area contributed by atoms with Gasteiger partial charge in [-0.3, -0.25) is 4.79 Å². The van der Waals surface area contributed by atoms with Crippen LogP contribution in [0, 0.1) is 6.92 Å². The number of anilines is 1. The number of aromatic nitrogens is 3. The summed E-state index contributed by atoms with van der Waals surface area (Å²) in [7, 11) is 0. The minimum Gasteiger partial charge on any atom is -0.325 e. The van der Waals surface area contributed by atoms with Crippen molar-refractivity contribution in [2.24, 2.45) is 0 Å². The van der Waals surface area contributed by atoms with Gasteiger partial charge in [-0.2, -0.15) is 8.78 Å². The number of rotatable bonds is 7. The highest BCUT2D eigenvalue weighted by Gasteiger charge is 2.28. The summed E-state index contributed by atoms with van der Waals surface area (Å²) in [4.78, 5) is 12.5. The lowest BCUT2D eigenvalue weighted by Crippen LogP contribution is -2.14. The number of thioether (sulfide) groups is 2. The van der Waals surface area contributed by atoms with E-state index in [9.17, 15) is 13.6 Å². The molecule has 24 heavy (non-hydrogen) atoms. The molecule has 1 aliphatic carbocycles. The van der Waals surface area contributed by atoms with Crippen LogP contribution in [0.4, 0.5) is 14.5 Å². The monoisotopic (exact) mass is 370 g/mol. The van der Waals surface area contributed by atoms with Crippen molar-refractivity contribution in [2.75, 3.05) is 11.1 Å². The summed E-state index contributed by atoms with van der Waals surface area (Å²) in [5.41, 5.74) is 0.582. The Hall–Kier alpha value is -1.61. The summed E-state index contributed by atoms with van der Waals surface area (Å²) >= 11 is 1.83. The SMILES string of the molecule is Cc1nnc(SCC(=O)Nc2ccc(SC(F)F)cc2)n1C1CC1. The molecule has 1 fully saturated rings. The first-order valence-electron chi connectivity index (χ1n) is 7.42. The maximum atomic E-state index is 12.3. The van der Waals surface area contributed by atoms with Gasteiger partial charge in [0, 0.05) is 16.6 Å². The van der Waals surface area contributed by atoms with Crippen molar-refractivity contribution >= 4 is 35.1 Å². The van der Waals surface area contributed by atoms with Crippen molar-refractivity contribution in [3.8, 4) is 0 Å². The van der Waals surface area contributed by atoms with Crippen LogP contribution in [0.25, 0.3) is 0 Å². The van der Waals surface area contributed by atoms with E-state index in [2.05, 4.69) is 20.1 Å². The van der Waals surface area contributed by atoms with E-state index in [4.69, 9.17) is 0 Å². The Morgan fingerprint density at radius 1 is 1.33 bits per heavy atom. The minimum absolute atomic E-state index is 0.169. The molecule has 1 aromatic carbocycles. The van der Waals surface area contributed by atoms with E-state index in [0.717, 1.165) is 23.8 Å². The third kappa shape index (κ3) is 4.47. The molecule has 1 aliphatic rings. The number of aryl methyl sites for hydroxylation is 1. The topological polar surface area (TPSA) is 59.8 Å². The molecule has 1 saturated carbocycles. The molecule has 1 amide bonds. The van der Waals surface area contributed by atoms with Gasteiger partial charge in [-0.1, -0.05) is 23.5 Å². The van der Waals surface area contributed by atoms with E-state index < -0.39 is 5.76 Å². The maximum absolute atomic E-state index is 12.3. The van der Waals surface area contributed by atoms with Crippen LogP contribution in [0.2, 0.25) is 0 Å². The zero-order chi connectivity index (χ0) is 17.1. The molecule has 0 unspecified atom stereocenters. The third-order valence-corrected chi connectivity index (χ3v) is 5.11. The van der Waals surface area contributed by atoms with Crippen molar-refractivity contribution < 1.29 is 13.6 Å². The van der Waals surface area contributed by atoms with Gasteiger partial charge in [-0.15, -0.1) is 10.2 Å². The van der Waals surface area contributed by atoms with Gasteiger partial charge >= 0.3 is 0 Å². The third-order valence-electron chi connectivity index (χ3n) is 3.44. The van der Waals surface area contributed by atoms with Gasteiger partial charge < -0.3 is 9.88 Å². The lowest BCUT2D eigenvalue weighted by atomic mass is 10.3. The lowest BCUT2D eigenvalue weighted by Gasteiger charge is -2.08. The zero-order valence-corrected chi connectivity index (χ0v) is 14.5. The fraction of sp³-hybridized carbons (Fsp3) is 0.400. The summed E-state index contributed by atoms with van der Waals surface area (Å²) in [5.74, 6) is -1.53. The van der Waals surface area contributed by atoms with Crippen LogP contribution < -0.4 is 5.32 Å². The van der Waals surface area contributed by atoms with E-state index in [1.807, 2.05) is 6.92 Å². The Morgan fingerprint density at radius 3 is 2.67 bits per heavy atom. The van der Waals surface area contributed by atoms with Gasteiger partial charge in [-0.05, 0) is 44.0 Å². The number of carbonyl (C=O) groups is 1. The zero-order valence-electron chi connectivity index (χ0n) is 12.9. The number of benzene rings is 1. The summed E-state index contributed by atoms with van der Waals surface area (Å²) < 4.78 is 26.6. The molecule has 0 aliphatic heterocycles. The highest BCUT2D eigenvalue weighted by molar-refractivity contribution is 8.00. The molecule has 2 aromatic rings. The van der Waals surface area contributed by atoms with E-state index >= 15 is 0 Å². The first-order valence-corrected chi connectivity index (χ1v) is 9.28. The molecule has 5 nitrogen and oxygen atoms in total. The maximum Gasteiger partial charge on any atom is 0.288 e. The second-order valence-corrected chi connectivity index (χ2v) is 7.38. The molecular formula is C15H16F2N4OS2. The number of hydrogen-bond donors (Lipinski definition) is 1. The highest BCUT2D eigenvalue weighted by atomic mass is 32.2. The Bertz CT molecular complexity index is 717. The molecule has 0 spiro atoms. The van der Waals surface area contributed by atoms with Gasteiger partial charge in [-0.25, -0.2) is 0 Å². The van der Waals surface area contributed by atoms with Crippen molar-refractivity contribution in [1.29, 1.82) is 0 Å². The Labute approximate surface area is 146 Å². The number of amides is 1. The second kappa shape index (κ2) is 7.52. The van der Waals surface area contributed by atoms with Crippen LogP contribution in [0.1, 0.15) is 24.7 Å². The standard InChI is InChI=1S/C15H16F2N4OS2/c1-9-19-20-15(21(9)11-4-5-11)23-8-13(22)18-10-2-6-12(7-3-10)24-14(16)17/h2-3,6-7,11,14H,4-5,8H2,1H3,(H,18,22). The Morgan fingerprint density at radius 2 is 2.04 bits per heavy atom. The molecule has 1 aromatic heterocycles. The summed E-state index contributed by atoms with van der Waals surface area (Å²) in [5, 5.41) is 11.7. The smallest absolute Gasteiger partial charge is 0.288 e. The summed E-state index contributed by atoms with van der Waals surface area (Å²) in [6.07, 6.45) is 2.25. The number of nitrogens with one attached hydrogen (secondary N) is 1. The van der Waals surface area contributed by atoms with Crippen molar-refractivity contribution in [1.82, 2.24) is 14.8 Å². The first kappa shape index (κ1) is 17.2. The summed E-state index contributed by atoms with van der Waals surface area (Å²) in [6, 6.07) is 6.82. The molecule has 1 heterocycles. The van der Waals surface area contributed by atoms with Crippen LogP contribution in [0.3, 0.4) is 0 Å². The van der Waals surface area contributed by atoms with Crippen LogP contribution in [0.15, 0.2) is 34.3 Å². The van der Waals surface area contributed by atoms with Crippen molar-refractivity contribution in [3.63, 3.8) is 0 Å². The van der Waals surface area contributed by atoms with Gasteiger partial charge in [0.2, 0.25) is 5.91 Å². The number of halogens is 2. The molecule has 9 heteroatoms. The molecule has 3 rings (SSSR count). The fourth-order valence-electron chi connectivity index (χ4n) is 2.25. The molecule has 128 valence electrons. The predicted octanol–water partition coefficient (Wildman–Crippen LogP) is 3.97. The van der Waals surface area contributed by atoms with Crippen molar-refractivity contribution in [3.05, 3.63) is 30.1 Å². The molecule has 0 saturated heterocycles. The van der Waals surface area contributed by atoms with E-state index in [0.29, 0.717) is 28.4 Å². The molecule has 0 atom stereocenters. The average molecular weight is 370 g/mol. The second-order valence-electron chi connectivity index (χ2n) is 5.37. The quantitative estimate of drug-likeness (QED) is 0.748. The molecule has 1 N–H and O–H groups in total. The van der Waals surface area contributed by atoms with Crippen molar-refractivity contribution in [2.45, 2.75) is 41.6 Å². The van der Waals surface area contributed by atoms with Crippen LogP contribution in [0.5, 0.6) is 0 Å². The van der Waals surface area contributed by atoms with Crippen LogP contribution >= 0.6 is 23.5 Å². The molecule has 0 bridgehead atoms. The Balaban J connectivity index is 1.52. The Kier molecular flexibility index (Phi) is 5.40. The van der Waals surface area contributed by atoms with Crippen LogP contribution in [-0.2, 0) is 4.79 Å². The van der Waals surface area contributed by atoms with E-state index in [1.165, 1.54) is 11.8 Å². The normalized spacial score (nSPS) is 14.2. The van der Waals surface area contributed by atoms with E-state index in [1.54, 1.807) is 24.3 Å².